The van der Waals surface area contributed by atoms with Crippen molar-refractivity contribution in [1.82, 2.24) is 0 Å². The molecule has 0 radical (unpaired) electrons. The van der Waals surface area contributed by atoms with E-state index in [1.54, 1.807) is 0 Å². The Morgan fingerprint density at radius 2 is 1.62 bits per heavy atom. The van der Waals surface area contributed by atoms with Crippen LogP contribution in [0.3, 0.4) is 0 Å². The SMILES string of the molecule is C[C@H]([C@@H]1C[C@@H]1C(=O)O)[C@H]1CC[C@H]2[C@@H]3[C@@H](O)C[C@@H]4C[C@H](O)CC[C@]4(C)[C@H]3CC[C@]12C. The van der Waals surface area contributed by atoms with Gasteiger partial charge in [0.05, 0.1) is 18.1 Å². The topological polar surface area (TPSA) is 77.8 Å². The molecule has 0 aliphatic heterocycles. The summed E-state index contributed by atoms with van der Waals surface area (Å²) in [6.07, 6.45) is 9.08. The van der Waals surface area contributed by atoms with E-state index in [2.05, 4.69) is 20.8 Å². The van der Waals surface area contributed by atoms with Gasteiger partial charge in [0.25, 0.3) is 0 Å². The second-order valence-corrected chi connectivity index (χ2v) is 12.2. The van der Waals surface area contributed by atoms with E-state index in [1.165, 1.54) is 25.7 Å². The molecule has 0 aromatic rings. The molecule has 4 nitrogen and oxygen atoms in total. The van der Waals surface area contributed by atoms with Gasteiger partial charge in [-0.1, -0.05) is 20.8 Å². The van der Waals surface area contributed by atoms with Crippen molar-refractivity contribution in [1.29, 1.82) is 0 Å². The van der Waals surface area contributed by atoms with Crippen LogP contribution in [0.15, 0.2) is 0 Å². The molecule has 4 heteroatoms. The van der Waals surface area contributed by atoms with Crippen LogP contribution in [0.4, 0.5) is 0 Å². The second-order valence-electron chi connectivity index (χ2n) is 12.2. The predicted octanol–water partition coefficient (Wildman–Crippen LogP) is 4.33. The Morgan fingerprint density at radius 3 is 2.31 bits per heavy atom. The number of carboxylic acid groups (broad SMARTS) is 1. The molecule has 12 atom stereocenters. The molecule has 5 rings (SSSR count). The van der Waals surface area contributed by atoms with Crippen molar-refractivity contribution >= 4 is 5.97 Å². The summed E-state index contributed by atoms with van der Waals surface area (Å²) < 4.78 is 0. The van der Waals surface area contributed by atoms with Crippen LogP contribution < -0.4 is 0 Å². The van der Waals surface area contributed by atoms with Crippen LogP contribution in [-0.2, 0) is 4.79 Å². The first-order chi connectivity index (χ1) is 13.7. The van der Waals surface area contributed by atoms with Crippen molar-refractivity contribution in [3.8, 4) is 0 Å². The van der Waals surface area contributed by atoms with Gasteiger partial charge in [0.15, 0.2) is 0 Å². The molecule has 0 bridgehead atoms. The van der Waals surface area contributed by atoms with Gasteiger partial charge in [0, 0.05) is 0 Å². The number of carboxylic acids is 1. The molecule has 0 saturated heterocycles. The van der Waals surface area contributed by atoms with Gasteiger partial charge in [-0.25, -0.2) is 0 Å². The van der Waals surface area contributed by atoms with Crippen LogP contribution in [0, 0.1) is 58.2 Å². The normalized spacial score (nSPS) is 57.3. The summed E-state index contributed by atoms with van der Waals surface area (Å²) in [6.45, 7) is 7.26. The third-order valence-electron chi connectivity index (χ3n) is 11.2. The van der Waals surface area contributed by atoms with Crippen molar-refractivity contribution in [2.45, 2.75) is 90.8 Å². The van der Waals surface area contributed by atoms with Gasteiger partial charge in [-0.3, -0.25) is 4.79 Å². The minimum Gasteiger partial charge on any atom is -0.481 e. The van der Waals surface area contributed by atoms with Crippen LogP contribution in [0.25, 0.3) is 0 Å². The van der Waals surface area contributed by atoms with Crippen LogP contribution in [0.1, 0.15) is 78.6 Å². The molecule has 5 aliphatic rings. The summed E-state index contributed by atoms with van der Waals surface area (Å²) in [5.41, 5.74) is 0.531. The fourth-order valence-corrected chi connectivity index (χ4v) is 9.48. The molecule has 5 fully saturated rings. The Labute approximate surface area is 175 Å². The highest BCUT2D eigenvalue weighted by molar-refractivity contribution is 5.73. The van der Waals surface area contributed by atoms with Crippen LogP contribution in [-0.4, -0.2) is 33.5 Å². The molecule has 5 saturated carbocycles. The Bertz CT molecular complexity index is 678. The Balaban J connectivity index is 1.39. The fourth-order valence-electron chi connectivity index (χ4n) is 9.48. The lowest BCUT2D eigenvalue weighted by Crippen LogP contribution is -2.58. The Hall–Kier alpha value is -0.610. The Kier molecular flexibility index (Phi) is 4.68. The van der Waals surface area contributed by atoms with Crippen LogP contribution in [0.5, 0.6) is 0 Å². The Morgan fingerprint density at radius 1 is 0.931 bits per heavy atom. The molecule has 0 heterocycles. The zero-order chi connectivity index (χ0) is 20.7. The number of hydrogen-bond acceptors (Lipinski definition) is 3. The molecule has 0 aromatic carbocycles. The summed E-state index contributed by atoms with van der Waals surface area (Å²) in [7, 11) is 0. The number of aliphatic hydroxyl groups is 2. The molecule has 5 aliphatic carbocycles. The lowest BCUT2D eigenvalue weighted by atomic mass is 9.43. The zero-order valence-electron chi connectivity index (χ0n) is 18.4. The first-order valence-corrected chi connectivity index (χ1v) is 12.3. The molecule has 3 N–H and O–H groups in total. The minimum absolute atomic E-state index is 0.113. The molecule has 0 unspecified atom stereocenters. The quantitative estimate of drug-likeness (QED) is 0.654. The summed E-state index contributed by atoms with van der Waals surface area (Å²) in [4.78, 5) is 11.4. The van der Waals surface area contributed by atoms with Crippen molar-refractivity contribution in [2.75, 3.05) is 0 Å². The molecule has 0 spiro atoms. The number of rotatable bonds is 3. The van der Waals surface area contributed by atoms with E-state index in [9.17, 15) is 20.1 Å². The van der Waals surface area contributed by atoms with Crippen LogP contribution in [0.2, 0.25) is 0 Å². The highest BCUT2D eigenvalue weighted by Gasteiger charge is 2.64. The van der Waals surface area contributed by atoms with Crippen LogP contribution >= 0.6 is 0 Å². The van der Waals surface area contributed by atoms with Gasteiger partial charge >= 0.3 is 5.97 Å². The number of fused-ring (bicyclic) bond motifs is 5. The standard InChI is InChI=1S/C25H40O4/c1-13(16-12-17(16)23(28)29)18-4-5-19-22-20(7-9-25(18,19)3)24(2)8-6-15(26)10-14(24)11-21(22)27/h13-22,26-27H,4-12H2,1-3H3,(H,28,29)/t13-,14+,15-,16+,17+,18-,19+,20+,21+,22+,24+,25-/m1/s1. The third kappa shape index (κ3) is 2.87. The van der Waals surface area contributed by atoms with Gasteiger partial charge in [-0.15, -0.1) is 0 Å². The monoisotopic (exact) mass is 404 g/mol. The lowest BCUT2D eigenvalue weighted by Gasteiger charge is -2.62. The average Bonchev–Trinajstić information content (AvgIpc) is 3.39. The maximum atomic E-state index is 11.4. The third-order valence-corrected chi connectivity index (χ3v) is 11.2. The van der Waals surface area contributed by atoms with Gasteiger partial charge in [-0.2, -0.15) is 0 Å². The van der Waals surface area contributed by atoms with E-state index in [4.69, 9.17) is 0 Å². The number of carbonyl (C=O) groups is 1. The first kappa shape index (κ1) is 20.3. The number of aliphatic carboxylic acids is 1. The van der Waals surface area contributed by atoms with Gasteiger partial charge < -0.3 is 15.3 Å². The van der Waals surface area contributed by atoms with E-state index < -0.39 is 5.97 Å². The zero-order valence-corrected chi connectivity index (χ0v) is 18.4. The largest absolute Gasteiger partial charge is 0.481 e. The van der Waals surface area contributed by atoms with E-state index >= 15 is 0 Å². The molecule has 0 amide bonds. The van der Waals surface area contributed by atoms with E-state index in [1.807, 2.05) is 0 Å². The van der Waals surface area contributed by atoms with Gasteiger partial charge in [-0.05, 0) is 110 Å². The van der Waals surface area contributed by atoms with E-state index in [0.717, 1.165) is 32.1 Å². The fraction of sp³-hybridized carbons (Fsp3) is 0.960. The van der Waals surface area contributed by atoms with E-state index in [0.29, 0.717) is 41.4 Å². The summed E-state index contributed by atoms with van der Waals surface area (Å²) in [5, 5.41) is 30.9. The highest BCUT2D eigenvalue weighted by Crippen LogP contribution is 2.69. The second kappa shape index (κ2) is 6.69. The van der Waals surface area contributed by atoms with Crippen molar-refractivity contribution in [3.63, 3.8) is 0 Å². The maximum Gasteiger partial charge on any atom is 0.306 e. The smallest absolute Gasteiger partial charge is 0.306 e. The molecular formula is C25H40O4. The minimum atomic E-state index is -0.605. The summed E-state index contributed by atoms with van der Waals surface area (Å²) in [5.74, 6) is 2.76. The predicted molar refractivity (Wildman–Crippen MR) is 111 cm³/mol. The van der Waals surface area contributed by atoms with Crippen molar-refractivity contribution in [3.05, 3.63) is 0 Å². The summed E-state index contributed by atoms with van der Waals surface area (Å²) >= 11 is 0. The molecule has 0 aromatic heterocycles. The van der Waals surface area contributed by atoms with Gasteiger partial charge in [0.1, 0.15) is 0 Å². The average molecular weight is 405 g/mol. The highest BCUT2D eigenvalue weighted by atomic mass is 16.4. The molecular weight excluding hydrogens is 364 g/mol. The van der Waals surface area contributed by atoms with Gasteiger partial charge in [0.2, 0.25) is 0 Å². The first-order valence-electron chi connectivity index (χ1n) is 12.3. The number of aliphatic hydroxyl groups excluding tert-OH is 2. The molecule has 164 valence electrons. The van der Waals surface area contributed by atoms with E-state index in [-0.39, 0.29) is 29.0 Å². The number of hydrogen-bond donors (Lipinski definition) is 3. The van der Waals surface area contributed by atoms with Crippen molar-refractivity contribution in [2.24, 2.45) is 58.2 Å². The molecule has 29 heavy (non-hydrogen) atoms. The summed E-state index contributed by atoms with van der Waals surface area (Å²) in [6, 6.07) is 0. The maximum absolute atomic E-state index is 11.4. The lowest BCUT2D eigenvalue weighted by molar-refractivity contribution is -0.174. The van der Waals surface area contributed by atoms with Crippen molar-refractivity contribution < 1.29 is 20.1 Å².